The van der Waals surface area contributed by atoms with Gasteiger partial charge in [0.05, 0.1) is 5.56 Å². The number of carbonyl (C=O) groups excluding carboxylic acids is 1. The zero-order valence-electron chi connectivity index (χ0n) is 16.0. The Kier molecular flexibility index (Phi) is 4.48. The van der Waals surface area contributed by atoms with E-state index in [-0.39, 0.29) is 18.4 Å². The molecule has 2 aliphatic rings. The topological polar surface area (TPSA) is 62.2 Å². The minimum absolute atomic E-state index is 0.0384. The number of phenolic OH excluding ortho intramolecular Hbond substituents is 1. The molecule has 0 radical (unpaired) electrons. The smallest absolute Gasteiger partial charge is 0.257 e. The highest BCUT2D eigenvalue weighted by Crippen LogP contribution is 2.33. The van der Waals surface area contributed by atoms with Crippen LogP contribution in [0.3, 0.4) is 0 Å². The third-order valence-electron chi connectivity index (χ3n) is 5.60. The minimum atomic E-state index is -0.115. The Morgan fingerprint density at radius 1 is 0.897 bits per heavy atom. The molecule has 0 saturated carbocycles. The number of piperazine rings is 1. The Hall–Kier alpha value is -3.25. The maximum Gasteiger partial charge on any atom is 0.257 e. The zero-order chi connectivity index (χ0) is 19.8. The lowest BCUT2D eigenvalue weighted by atomic mass is 10.0. The van der Waals surface area contributed by atoms with E-state index in [2.05, 4.69) is 11.0 Å². The van der Waals surface area contributed by atoms with Crippen molar-refractivity contribution in [1.82, 2.24) is 9.80 Å². The molecule has 0 spiro atoms. The summed E-state index contributed by atoms with van der Waals surface area (Å²) in [5.74, 6) is 1.51. The molecule has 0 unspecified atom stereocenters. The van der Waals surface area contributed by atoms with Crippen molar-refractivity contribution in [2.75, 3.05) is 33.0 Å². The van der Waals surface area contributed by atoms with E-state index in [1.807, 2.05) is 41.3 Å². The molecule has 1 fully saturated rings. The number of aromatic hydroxyl groups is 1. The third-order valence-corrected chi connectivity index (χ3v) is 5.60. The van der Waals surface area contributed by atoms with Gasteiger partial charge in [-0.25, -0.2) is 0 Å². The second-order valence-corrected chi connectivity index (χ2v) is 7.47. The number of fused-ring (bicyclic) bond motifs is 2. The van der Waals surface area contributed by atoms with E-state index in [0.29, 0.717) is 18.7 Å². The van der Waals surface area contributed by atoms with Crippen LogP contribution in [0.2, 0.25) is 0 Å². The van der Waals surface area contributed by atoms with Gasteiger partial charge in [-0.3, -0.25) is 9.69 Å². The maximum absolute atomic E-state index is 13.0. The lowest BCUT2D eigenvalue weighted by Gasteiger charge is -2.35. The molecule has 1 saturated heterocycles. The Labute approximate surface area is 168 Å². The lowest BCUT2D eigenvalue weighted by Crippen LogP contribution is -2.48. The van der Waals surface area contributed by atoms with Crippen LogP contribution in [0.5, 0.6) is 17.2 Å². The monoisotopic (exact) mass is 390 g/mol. The fraction of sp³-hybridized carbons (Fsp3) is 0.261. The first-order chi connectivity index (χ1) is 14.2. The van der Waals surface area contributed by atoms with E-state index in [4.69, 9.17) is 9.47 Å². The zero-order valence-corrected chi connectivity index (χ0v) is 16.0. The molecule has 3 aromatic carbocycles. The summed E-state index contributed by atoms with van der Waals surface area (Å²) in [5, 5.41) is 12.2. The molecular weight excluding hydrogens is 368 g/mol. The highest BCUT2D eigenvalue weighted by molar-refractivity contribution is 6.01. The fourth-order valence-corrected chi connectivity index (χ4v) is 3.98. The van der Waals surface area contributed by atoms with Crippen LogP contribution in [0.15, 0.2) is 54.6 Å². The SMILES string of the molecule is O=C(c1cc2ccccc2cc1O)N1CCN(Cc2ccc3c(c2)OCO3)CC1. The van der Waals surface area contributed by atoms with Gasteiger partial charge in [-0.1, -0.05) is 30.3 Å². The molecule has 1 amide bonds. The molecule has 2 aliphatic heterocycles. The summed E-state index contributed by atoms with van der Waals surface area (Å²) in [6.07, 6.45) is 0. The number of hydrogen-bond acceptors (Lipinski definition) is 5. The summed E-state index contributed by atoms with van der Waals surface area (Å²) in [4.78, 5) is 17.1. The molecule has 6 nitrogen and oxygen atoms in total. The van der Waals surface area contributed by atoms with Crippen LogP contribution in [0.25, 0.3) is 10.8 Å². The highest BCUT2D eigenvalue weighted by Gasteiger charge is 2.24. The van der Waals surface area contributed by atoms with Gasteiger partial charge in [-0.15, -0.1) is 0 Å². The average Bonchev–Trinajstić information content (AvgIpc) is 3.21. The molecule has 0 bridgehead atoms. The molecule has 0 aromatic heterocycles. The van der Waals surface area contributed by atoms with Crippen molar-refractivity contribution in [3.63, 3.8) is 0 Å². The van der Waals surface area contributed by atoms with Crippen LogP contribution in [-0.2, 0) is 6.54 Å². The van der Waals surface area contributed by atoms with Crippen molar-refractivity contribution < 1.29 is 19.4 Å². The Morgan fingerprint density at radius 2 is 1.62 bits per heavy atom. The minimum Gasteiger partial charge on any atom is -0.507 e. The number of amides is 1. The molecule has 5 rings (SSSR count). The summed E-state index contributed by atoms with van der Waals surface area (Å²) in [7, 11) is 0. The van der Waals surface area contributed by atoms with Gasteiger partial charge in [0.2, 0.25) is 6.79 Å². The van der Waals surface area contributed by atoms with Gasteiger partial charge in [-0.2, -0.15) is 0 Å². The van der Waals surface area contributed by atoms with Crippen LogP contribution in [0.1, 0.15) is 15.9 Å². The standard InChI is InChI=1S/C23H22N2O4/c26-20-13-18-4-2-1-3-17(18)12-19(20)23(27)25-9-7-24(8-10-25)14-16-5-6-21-22(11-16)29-15-28-21/h1-6,11-13,26H,7-10,14-15H2. The summed E-state index contributed by atoms with van der Waals surface area (Å²) >= 11 is 0. The summed E-state index contributed by atoms with van der Waals surface area (Å²) in [6, 6.07) is 17.2. The van der Waals surface area contributed by atoms with Gasteiger partial charge in [0.1, 0.15) is 5.75 Å². The van der Waals surface area contributed by atoms with E-state index in [1.54, 1.807) is 12.1 Å². The normalized spacial score (nSPS) is 16.3. The van der Waals surface area contributed by atoms with E-state index in [1.165, 1.54) is 5.56 Å². The van der Waals surface area contributed by atoms with Crippen LogP contribution >= 0.6 is 0 Å². The molecule has 1 N–H and O–H groups in total. The maximum atomic E-state index is 13.0. The number of rotatable bonds is 3. The predicted octanol–water partition coefficient (Wildman–Crippen LogP) is 3.23. The lowest BCUT2D eigenvalue weighted by molar-refractivity contribution is 0.0626. The van der Waals surface area contributed by atoms with Crippen molar-refractivity contribution in [2.45, 2.75) is 6.54 Å². The Morgan fingerprint density at radius 3 is 2.41 bits per heavy atom. The van der Waals surface area contributed by atoms with Crippen molar-refractivity contribution in [2.24, 2.45) is 0 Å². The number of nitrogens with zero attached hydrogens (tertiary/aromatic N) is 2. The third kappa shape index (κ3) is 3.47. The predicted molar refractivity (Wildman–Crippen MR) is 109 cm³/mol. The van der Waals surface area contributed by atoms with Gasteiger partial charge in [0, 0.05) is 32.7 Å². The molecule has 2 heterocycles. The van der Waals surface area contributed by atoms with Crippen LogP contribution < -0.4 is 9.47 Å². The van der Waals surface area contributed by atoms with Crippen molar-refractivity contribution in [3.8, 4) is 17.2 Å². The van der Waals surface area contributed by atoms with Gasteiger partial charge < -0.3 is 19.5 Å². The number of hydrogen-bond donors (Lipinski definition) is 1. The van der Waals surface area contributed by atoms with Gasteiger partial charge in [-0.05, 0) is 40.6 Å². The van der Waals surface area contributed by atoms with E-state index in [0.717, 1.165) is 41.9 Å². The second-order valence-electron chi connectivity index (χ2n) is 7.47. The summed E-state index contributed by atoms with van der Waals surface area (Å²) in [6.45, 7) is 3.93. The van der Waals surface area contributed by atoms with E-state index < -0.39 is 0 Å². The quantitative estimate of drug-likeness (QED) is 0.744. The van der Waals surface area contributed by atoms with E-state index >= 15 is 0 Å². The van der Waals surface area contributed by atoms with Crippen LogP contribution in [0, 0.1) is 0 Å². The molecule has 0 aliphatic carbocycles. The molecule has 3 aromatic rings. The van der Waals surface area contributed by atoms with Gasteiger partial charge in [0.25, 0.3) is 5.91 Å². The Balaban J connectivity index is 1.24. The van der Waals surface area contributed by atoms with Gasteiger partial charge >= 0.3 is 0 Å². The van der Waals surface area contributed by atoms with Crippen molar-refractivity contribution in [1.29, 1.82) is 0 Å². The second kappa shape index (κ2) is 7.29. The number of benzene rings is 3. The fourth-order valence-electron chi connectivity index (χ4n) is 3.98. The summed E-state index contributed by atoms with van der Waals surface area (Å²) in [5.41, 5.74) is 1.54. The van der Waals surface area contributed by atoms with Crippen molar-refractivity contribution >= 4 is 16.7 Å². The molecule has 29 heavy (non-hydrogen) atoms. The molecular formula is C23H22N2O4. The largest absolute Gasteiger partial charge is 0.507 e. The Bertz CT molecular complexity index is 1070. The van der Waals surface area contributed by atoms with Crippen LogP contribution in [-0.4, -0.2) is 53.8 Å². The number of ether oxygens (including phenoxy) is 2. The first-order valence-electron chi connectivity index (χ1n) is 9.79. The number of carbonyl (C=O) groups is 1. The van der Waals surface area contributed by atoms with Crippen LogP contribution in [0.4, 0.5) is 0 Å². The summed E-state index contributed by atoms with van der Waals surface area (Å²) < 4.78 is 10.8. The van der Waals surface area contributed by atoms with Crippen molar-refractivity contribution in [3.05, 3.63) is 65.7 Å². The first kappa shape index (κ1) is 17.8. The first-order valence-corrected chi connectivity index (χ1v) is 9.79. The molecule has 0 atom stereocenters. The molecule has 148 valence electrons. The number of phenols is 1. The van der Waals surface area contributed by atoms with Gasteiger partial charge in [0.15, 0.2) is 11.5 Å². The molecule has 6 heteroatoms. The average molecular weight is 390 g/mol. The van der Waals surface area contributed by atoms with E-state index in [9.17, 15) is 9.90 Å². The highest BCUT2D eigenvalue weighted by atomic mass is 16.7.